The summed E-state index contributed by atoms with van der Waals surface area (Å²) in [7, 11) is 0. The first kappa shape index (κ1) is 14.5. The third-order valence-corrected chi connectivity index (χ3v) is 2.60. The average Bonchev–Trinajstić information content (AvgIpc) is 2.48. The van der Waals surface area contributed by atoms with Gasteiger partial charge in [-0.1, -0.05) is 18.2 Å². The second kappa shape index (κ2) is 6.51. The Morgan fingerprint density at radius 1 is 1.14 bits per heavy atom. The van der Waals surface area contributed by atoms with Gasteiger partial charge in [0.05, 0.1) is 11.3 Å². The summed E-state index contributed by atoms with van der Waals surface area (Å²) in [5.74, 6) is -1.92. The highest BCUT2D eigenvalue weighted by atomic mass is 19.1. The van der Waals surface area contributed by atoms with Crippen LogP contribution >= 0.6 is 0 Å². The van der Waals surface area contributed by atoms with E-state index in [1.54, 1.807) is 6.07 Å². The Morgan fingerprint density at radius 3 is 2.62 bits per heavy atom. The number of carboxylic acids is 1. The molecule has 0 heterocycles. The molecule has 0 aliphatic heterocycles. The van der Waals surface area contributed by atoms with E-state index in [2.05, 4.69) is 5.32 Å². The molecule has 0 unspecified atom stereocenters. The summed E-state index contributed by atoms with van der Waals surface area (Å²) >= 11 is 0. The number of benzene rings is 2. The van der Waals surface area contributed by atoms with E-state index >= 15 is 0 Å². The molecule has 2 N–H and O–H groups in total. The maximum atomic E-state index is 13.3. The van der Waals surface area contributed by atoms with Crippen LogP contribution in [-0.4, -0.2) is 23.6 Å². The third kappa shape index (κ3) is 4.04. The van der Waals surface area contributed by atoms with Gasteiger partial charge >= 0.3 is 5.97 Å². The Kier molecular flexibility index (Phi) is 4.50. The van der Waals surface area contributed by atoms with E-state index in [0.717, 1.165) is 0 Å². The Balaban J connectivity index is 1.94. The molecule has 0 aliphatic carbocycles. The summed E-state index contributed by atoms with van der Waals surface area (Å²) < 4.78 is 18.5. The summed E-state index contributed by atoms with van der Waals surface area (Å²) in [6.07, 6.45) is 0. The molecule has 2 aromatic carbocycles. The van der Waals surface area contributed by atoms with E-state index in [1.165, 1.54) is 42.5 Å². The molecule has 0 aromatic heterocycles. The van der Waals surface area contributed by atoms with Crippen LogP contribution in [0.3, 0.4) is 0 Å². The molecular formula is C15H12FNO4. The largest absolute Gasteiger partial charge is 0.484 e. The number of aromatic carboxylic acids is 1. The molecule has 0 radical (unpaired) electrons. The predicted octanol–water partition coefficient (Wildman–Crippen LogP) is 2.54. The minimum Gasteiger partial charge on any atom is -0.484 e. The number of amides is 1. The quantitative estimate of drug-likeness (QED) is 0.887. The van der Waals surface area contributed by atoms with Crippen LogP contribution in [0.2, 0.25) is 0 Å². The first-order chi connectivity index (χ1) is 10.1. The molecule has 0 fully saturated rings. The summed E-state index contributed by atoms with van der Waals surface area (Å²) in [5.41, 5.74) is 0.118. The van der Waals surface area contributed by atoms with Crippen LogP contribution < -0.4 is 10.1 Å². The fourth-order valence-corrected chi connectivity index (χ4v) is 1.62. The molecule has 0 spiro atoms. The highest BCUT2D eigenvalue weighted by Gasteiger charge is 2.08. The zero-order valence-electron chi connectivity index (χ0n) is 10.9. The average molecular weight is 289 g/mol. The third-order valence-electron chi connectivity index (χ3n) is 2.60. The van der Waals surface area contributed by atoms with Crippen LogP contribution in [0, 0.1) is 5.82 Å². The minimum absolute atomic E-state index is 0.0574. The normalized spacial score (nSPS) is 9.95. The molecule has 0 saturated carbocycles. The Bertz CT molecular complexity index is 672. The van der Waals surface area contributed by atoms with Gasteiger partial charge in [0.1, 0.15) is 11.6 Å². The predicted molar refractivity (Wildman–Crippen MR) is 73.9 cm³/mol. The van der Waals surface area contributed by atoms with Gasteiger partial charge in [0.2, 0.25) is 0 Å². The smallest absolute Gasteiger partial charge is 0.335 e. The number of carbonyl (C=O) groups is 2. The van der Waals surface area contributed by atoms with Crippen molar-refractivity contribution in [1.82, 2.24) is 0 Å². The van der Waals surface area contributed by atoms with Gasteiger partial charge in [-0.15, -0.1) is 0 Å². The molecule has 2 rings (SSSR count). The molecule has 0 saturated heterocycles. The number of hydrogen-bond acceptors (Lipinski definition) is 3. The highest BCUT2D eigenvalue weighted by Crippen LogP contribution is 2.14. The first-order valence-corrected chi connectivity index (χ1v) is 6.07. The number of para-hydroxylation sites is 1. The van der Waals surface area contributed by atoms with Crippen molar-refractivity contribution in [3.05, 3.63) is 59.9 Å². The van der Waals surface area contributed by atoms with Gasteiger partial charge in [0, 0.05) is 0 Å². The molecule has 6 heteroatoms. The molecule has 21 heavy (non-hydrogen) atoms. The number of halogens is 1. The second-order valence-corrected chi connectivity index (χ2v) is 4.15. The van der Waals surface area contributed by atoms with E-state index in [1.807, 2.05) is 0 Å². The van der Waals surface area contributed by atoms with E-state index in [9.17, 15) is 14.0 Å². The van der Waals surface area contributed by atoms with E-state index in [0.29, 0.717) is 0 Å². The number of nitrogens with one attached hydrogen (secondary N) is 1. The number of hydrogen-bond donors (Lipinski definition) is 2. The zero-order chi connectivity index (χ0) is 15.2. The molecule has 5 nitrogen and oxygen atoms in total. The zero-order valence-corrected chi connectivity index (χ0v) is 10.9. The van der Waals surface area contributed by atoms with Crippen molar-refractivity contribution >= 4 is 17.6 Å². The van der Waals surface area contributed by atoms with Crippen LogP contribution in [0.1, 0.15) is 10.4 Å². The SMILES string of the molecule is O=C(COc1cccc(C(=O)O)c1)Nc1ccccc1F. The van der Waals surface area contributed by atoms with E-state index < -0.39 is 17.7 Å². The van der Waals surface area contributed by atoms with Crippen molar-refractivity contribution in [2.24, 2.45) is 0 Å². The van der Waals surface area contributed by atoms with Gasteiger partial charge in [-0.25, -0.2) is 9.18 Å². The highest BCUT2D eigenvalue weighted by molar-refractivity contribution is 5.92. The van der Waals surface area contributed by atoms with Gasteiger partial charge < -0.3 is 15.2 Å². The molecule has 108 valence electrons. The monoisotopic (exact) mass is 289 g/mol. The number of anilines is 1. The van der Waals surface area contributed by atoms with Crippen LogP contribution in [0.4, 0.5) is 10.1 Å². The number of ether oxygens (including phenoxy) is 1. The van der Waals surface area contributed by atoms with E-state index in [4.69, 9.17) is 9.84 Å². The lowest BCUT2D eigenvalue weighted by Gasteiger charge is -2.08. The van der Waals surface area contributed by atoms with Crippen LogP contribution in [0.15, 0.2) is 48.5 Å². The molecular weight excluding hydrogens is 277 g/mol. The van der Waals surface area contributed by atoms with Gasteiger partial charge in [0.25, 0.3) is 5.91 Å². The molecule has 0 bridgehead atoms. The van der Waals surface area contributed by atoms with Crippen LogP contribution in [0.5, 0.6) is 5.75 Å². The van der Waals surface area contributed by atoms with Crippen molar-refractivity contribution in [1.29, 1.82) is 0 Å². The summed E-state index contributed by atoms with van der Waals surface area (Å²) in [5, 5.41) is 11.2. The lowest BCUT2D eigenvalue weighted by Crippen LogP contribution is -2.20. The number of rotatable bonds is 5. The van der Waals surface area contributed by atoms with Crippen molar-refractivity contribution < 1.29 is 23.8 Å². The minimum atomic E-state index is -1.09. The summed E-state index contributed by atoms with van der Waals surface area (Å²) in [6, 6.07) is 11.5. The van der Waals surface area contributed by atoms with Crippen molar-refractivity contribution in [2.75, 3.05) is 11.9 Å². The van der Waals surface area contributed by atoms with Crippen molar-refractivity contribution in [3.8, 4) is 5.75 Å². The second-order valence-electron chi connectivity index (χ2n) is 4.15. The van der Waals surface area contributed by atoms with Gasteiger partial charge in [-0.3, -0.25) is 4.79 Å². The fourth-order valence-electron chi connectivity index (χ4n) is 1.62. The van der Waals surface area contributed by atoms with E-state index in [-0.39, 0.29) is 23.6 Å². The standard InChI is InChI=1S/C15H12FNO4/c16-12-6-1-2-7-13(12)17-14(18)9-21-11-5-3-4-10(8-11)15(19)20/h1-8H,9H2,(H,17,18)(H,19,20). The molecule has 0 atom stereocenters. The van der Waals surface area contributed by atoms with Gasteiger partial charge in [-0.2, -0.15) is 0 Å². The van der Waals surface area contributed by atoms with Crippen molar-refractivity contribution in [2.45, 2.75) is 0 Å². The Labute approximate surface area is 120 Å². The maximum Gasteiger partial charge on any atom is 0.335 e. The Morgan fingerprint density at radius 2 is 1.90 bits per heavy atom. The topological polar surface area (TPSA) is 75.6 Å². The number of carboxylic acid groups (broad SMARTS) is 1. The fraction of sp³-hybridized carbons (Fsp3) is 0.0667. The van der Waals surface area contributed by atoms with Gasteiger partial charge in [-0.05, 0) is 30.3 Å². The lowest BCUT2D eigenvalue weighted by molar-refractivity contribution is -0.118. The summed E-state index contributed by atoms with van der Waals surface area (Å²) in [6.45, 7) is -0.350. The first-order valence-electron chi connectivity index (χ1n) is 6.07. The Hall–Kier alpha value is -2.89. The number of carbonyl (C=O) groups excluding carboxylic acids is 1. The molecule has 2 aromatic rings. The van der Waals surface area contributed by atoms with Crippen molar-refractivity contribution in [3.63, 3.8) is 0 Å². The van der Waals surface area contributed by atoms with Crippen LogP contribution in [-0.2, 0) is 4.79 Å². The van der Waals surface area contributed by atoms with Gasteiger partial charge in [0.15, 0.2) is 6.61 Å². The lowest BCUT2D eigenvalue weighted by atomic mass is 10.2. The molecule has 0 aliphatic rings. The van der Waals surface area contributed by atoms with Crippen LogP contribution in [0.25, 0.3) is 0 Å². The molecule has 1 amide bonds. The summed E-state index contributed by atoms with van der Waals surface area (Å²) in [4.78, 5) is 22.4. The maximum absolute atomic E-state index is 13.3.